The quantitative estimate of drug-likeness (QED) is 0.839. The third-order valence-electron chi connectivity index (χ3n) is 3.28. The summed E-state index contributed by atoms with van der Waals surface area (Å²) in [5, 5.41) is 0.835. The van der Waals surface area contributed by atoms with Gasteiger partial charge in [0.2, 0.25) is 11.1 Å². The number of aromatic nitrogens is 4. The smallest absolute Gasteiger partial charge is 0.343 e. The molecule has 3 heterocycles. The highest BCUT2D eigenvalue weighted by atomic mass is 32.1. The van der Waals surface area contributed by atoms with Gasteiger partial charge in [0.15, 0.2) is 0 Å². The highest BCUT2D eigenvalue weighted by Crippen LogP contribution is 2.28. The van der Waals surface area contributed by atoms with E-state index in [0.717, 1.165) is 23.2 Å². The number of hydrogen-bond donors (Lipinski definition) is 0. The predicted octanol–water partition coefficient (Wildman–Crippen LogP) is 1.98. The van der Waals surface area contributed by atoms with E-state index in [1.165, 1.54) is 11.5 Å². The number of halogens is 3. The Bertz CT molecular complexity index is 650. The molecular weight excluding hydrogens is 317 g/mol. The Morgan fingerprint density at radius 3 is 2.36 bits per heavy atom. The van der Waals surface area contributed by atoms with Gasteiger partial charge in [-0.25, -0.2) is 15.0 Å². The van der Waals surface area contributed by atoms with Crippen LogP contribution >= 0.6 is 11.5 Å². The molecule has 1 fully saturated rings. The van der Waals surface area contributed by atoms with Crippen molar-refractivity contribution in [2.75, 3.05) is 36.0 Å². The fourth-order valence-corrected chi connectivity index (χ4v) is 2.90. The van der Waals surface area contributed by atoms with Crippen molar-refractivity contribution in [1.29, 1.82) is 0 Å². The topological polar surface area (TPSA) is 58.0 Å². The number of anilines is 2. The van der Waals surface area contributed by atoms with Crippen LogP contribution in [0.1, 0.15) is 11.5 Å². The van der Waals surface area contributed by atoms with E-state index >= 15 is 0 Å². The van der Waals surface area contributed by atoms with Gasteiger partial charge in [-0.1, -0.05) is 0 Å². The Kier molecular flexibility index (Phi) is 3.85. The normalized spacial score (nSPS) is 16.2. The number of aryl methyl sites for hydroxylation is 1. The minimum Gasteiger partial charge on any atom is -0.343 e. The zero-order chi connectivity index (χ0) is 15.7. The molecule has 6 nitrogen and oxygen atoms in total. The molecular formula is C12H13F3N6S. The molecule has 1 saturated heterocycles. The van der Waals surface area contributed by atoms with Gasteiger partial charge >= 0.3 is 6.18 Å². The minimum atomic E-state index is -4.45. The molecule has 1 aliphatic heterocycles. The van der Waals surface area contributed by atoms with Crippen molar-refractivity contribution in [3.8, 4) is 0 Å². The van der Waals surface area contributed by atoms with Gasteiger partial charge in [-0.15, -0.1) is 0 Å². The molecule has 3 rings (SSSR count). The third-order valence-corrected chi connectivity index (χ3v) is 4.15. The molecule has 0 atom stereocenters. The van der Waals surface area contributed by atoms with E-state index in [9.17, 15) is 13.2 Å². The molecule has 0 aromatic carbocycles. The maximum absolute atomic E-state index is 12.7. The van der Waals surface area contributed by atoms with Crippen LogP contribution in [0.5, 0.6) is 0 Å². The van der Waals surface area contributed by atoms with Crippen LogP contribution < -0.4 is 9.80 Å². The van der Waals surface area contributed by atoms with Crippen LogP contribution in [0.4, 0.5) is 24.3 Å². The number of nitrogens with zero attached hydrogens (tertiary/aromatic N) is 6. The molecule has 0 spiro atoms. The van der Waals surface area contributed by atoms with Gasteiger partial charge in [0.05, 0.1) is 0 Å². The van der Waals surface area contributed by atoms with E-state index < -0.39 is 11.9 Å². The van der Waals surface area contributed by atoms with Crippen molar-refractivity contribution in [2.45, 2.75) is 13.1 Å². The number of rotatable bonds is 2. The number of hydrogen-bond acceptors (Lipinski definition) is 7. The van der Waals surface area contributed by atoms with Crippen LogP contribution in [-0.4, -0.2) is 45.5 Å². The summed E-state index contributed by atoms with van der Waals surface area (Å²) in [6, 6.07) is 0.879. The molecule has 0 saturated carbocycles. The first-order valence-electron chi connectivity index (χ1n) is 6.64. The maximum Gasteiger partial charge on any atom is 0.433 e. The first-order valence-corrected chi connectivity index (χ1v) is 7.41. The third kappa shape index (κ3) is 3.11. The summed E-state index contributed by atoms with van der Waals surface area (Å²) < 4.78 is 42.2. The highest BCUT2D eigenvalue weighted by Gasteiger charge is 2.33. The summed E-state index contributed by atoms with van der Waals surface area (Å²) >= 11 is 1.33. The van der Waals surface area contributed by atoms with Crippen molar-refractivity contribution in [1.82, 2.24) is 19.3 Å². The SMILES string of the molecule is Cc1nsc(N2CCN(c3nccc(C(F)(F)F)n3)CC2)n1. The Balaban J connectivity index is 1.69. The number of alkyl halides is 3. The molecule has 0 amide bonds. The summed E-state index contributed by atoms with van der Waals surface area (Å²) in [6.45, 7) is 4.20. The number of piperazine rings is 1. The van der Waals surface area contributed by atoms with Gasteiger partial charge in [0.25, 0.3) is 0 Å². The molecule has 0 N–H and O–H groups in total. The second kappa shape index (κ2) is 5.67. The van der Waals surface area contributed by atoms with Gasteiger partial charge < -0.3 is 9.80 Å². The fourth-order valence-electron chi connectivity index (χ4n) is 2.17. The molecule has 2 aromatic rings. The second-order valence-corrected chi connectivity index (χ2v) is 5.57. The van der Waals surface area contributed by atoms with Crippen LogP contribution in [0.3, 0.4) is 0 Å². The zero-order valence-corrected chi connectivity index (χ0v) is 12.5. The van der Waals surface area contributed by atoms with Gasteiger partial charge in [0, 0.05) is 43.9 Å². The van der Waals surface area contributed by atoms with Gasteiger partial charge in [-0.2, -0.15) is 17.5 Å². The van der Waals surface area contributed by atoms with Crippen LogP contribution in [0.25, 0.3) is 0 Å². The largest absolute Gasteiger partial charge is 0.433 e. The average molecular weight is 330 g/mol. The summed E-state index contributed by atoms with van der Waals surface area (Å²) in [6.07, 6.45) is -3.31. The van der Waals surface area contributed by atoms with Crippen molar-refractivity contribution < 1.29 is 13.2 Å². The summed E-state index contributed by atoms with van der Waals surface area (Å²) in [7, 11) is 0. The monoisotopic (exact) mass is 330 g/mol. The standard InChI is InChI=1S/C12H13F3N6S/c1-8-17-11(22-19-8)21-6-4-20(5-7-21)10-16-3-2-9(18-10)12(13,14)15/h2-3H,4-7H2,1H3. The highest BCUT2D eigenvalue weighted by molar-refractivity contribution is 7.09. The van der Waals surface area contributed by atoms with Crippen molar-refractivity contribution >= 4 is 22.6 Å². The van der Waals surface area contributed by atoms with Gasteiger partial charge in [0.1, 0.15) is 11.5 Å². The van der Waals surface area contributed by atoms with Crippen LogP contribution in [-0.2, 0) is 6.18 Å². The summed E-state index contributed by atoms with van der Waals surface area (Å²) in [4.78, 5) is 15.7. The van der Waals surface area contributed by atoms with Gasteiger partial charge in [-0.05, 0) is 13.0 Å². The van der Waals surface area contributed by atoms with Crippen LogP contribution in [0.15, 0.2) is 12.3 Å². The minimum absolute atomic E-state index is 0.114. The molecule has 118 valence electrons. The van der Waals surface area contributed by atoms with E-state index in [-0.39, 0.29) is 5.95 Å². The lowest BCUT2D eigenvalue weighted by atomic mass is 10.3. The molecule has 0 radical (unpaired) electrons. The van der Waals surface area contributed by atoms with Crippen LogP contribution in [0, 0.1) is 6.92 Å². The second-order valence-electron chi connectivity index (χ2n) is 4.84. The maximum atomic E-state index is 12.7. The molecule has 1 aliphatic rings. The van der Waals surface area contributed by atoms with E-state index in [1.807, 2.05) is 6.92 Å². The Hall–Kier alpha value is -1.97. The van der Waals surface area contributed by atoms with Gasteiger partial charge in [-0.3, -0.25) is 0 Å². The van der Waals surface area contributed by atoms with E-state index in [1.54, 1.807) is 4.90 Å². The lowest BCUT2D eigenvalue weighted by Gasteiger charge is -2.34. The summed E-state index contributed by atoms with van der Waals surface area (Å²) in [5.74, 6) is 0.839. The molecule has 0 unspecified atom stereocenters. The van der Waals surface area contributed by atoms with E-state index in [0.29, 0.717) is 26.2 Å². The first kappa shape index (κ1) is 14.9. The van der Waals surface area contributed by atoms with E-state index in [2.05, 4.69) is 24.2 Å². The molecule has 22 heavy (non-hydrogen) atoms. The zero-order valence-electron chi connectivity index (χ0n) is 11.7. The van der Waals surface area contributed by atoms with Crippen molar-refractivity contribution in [2.24, 2.45) is 0 Å². The fraction of sp³-hybridized carbons (Fsp3) is 0.500. The molecule has 10 heteroatoms. The lowest BCUT2D eigenvalue weighted by Crippen LogP contribution is -2.47. The van der Waals surface area contributed by atoms with E-state index in [4.69, 9.17) is 0 Å². The molecule has 2 aromatic heterocycles. The lowest BCUT2D eigenvalue weighted by molar-refractivity contribution is -0.141. The summed E-state index contributed by atoms with van der Waals surface area (Å²) in [5.41, 5.74) is -0.917. The molecule has 0 bridgehead atoms. The first-order chi connectivity index (χ1) is 10.4. The van der Waals surface area contributed by atoms with Crippen molar-refractivity contribution in [3.63, 3.8) is 0 Å². The van der Waals surface area contributed by atoms with Crippen molar-refractivity contribution in [3.05, 3.63) is 23.8 Å². The predicted molar refractivity (Wildman–Crippen MR) is 76.1 cm³/mol. The Morgan fingerprint density at radius 1 is 1.09 bits per heavy atom. The Morgan fingerprint density at radius 2 is 1.77 bits per heavy atom. The Labute approximate surface area is 128 Å². The molecule has 0 aliphatic carbocycles. The van der Waals surface area contributed by atoms with Crippen LogP contribution in [0.2, 0.25) is 0 Å². The average Bonchev–Trinajstić information content (AvgIpc) is 2.93.